The molecule has 0 spiro atoms. The maximum absolute atomic E-state index is 14.2. The number of aliphatic hydroxyl groups excluding tert-OH is 3. The van der Waals surface area contributed by atoms with E-state index in [0.717, 1.165) is 0 Å². The molecule has 19 N–H and O–H groups in total. The van der Waals surface area contributed by atoms with E-state index in [1.54, 1.807) is 30.3 Å². The minimum absolute atomic E-state index is 0.000379. The number of carbonyl (C=O) groups excluding carboxylic acids is 9. The van der Waals surface area contributed by atoms with Gasteiger partial charge in [-0.05, 0) is 76.6 Å². The Morgan fingerprint density at radius 3 is 1.84 bits per heavy atom. The molecular weight excluding hydrogens is 907 g/mol. The number of aliphatic hydroxyl groups is 3. The van der Waals surface area contributed by atoms with Gasteiger partial charge in [0.25, 0.3) is 0 Å². The van der Waals surface area contributed by atoms with E-state index in [0.29, 0.717) is 5.56 Å². The monoisotopic (exact) mass is 978 g/mol. The molecular formula is C43H71N13O13. The predicted molar refractivity (Wildman–Crippen MR) is 246 cm³/mol. The van der Waals surface area contributed by atoms with E-state index in [9.17, 15) is 58.5 Å². The number of rotatable bonds is 16. The maximum atomic E-state index is 14.2. The number of ether oxygens (including phenoxy) is 1. The topological polar surface area (TPSA) is 422 Å². The summed E-state index contributed by atoms with van der Waals surface area (Å²) in [4.78, 5) is 122. The largest absolute Gasteiger partial charge is 0.394 e. The van der Waals surface area contributed by atoms with Crippen LogP contribution in [0, 0.1) is 5.92 Å². The molecule has 3 rings (SSSR count). The van der Waals surface area contributed by atoms with Gasteiger partial charge in [-0.1, -0.05) is 44.2 Å². The molecule has 2 saturated heterocycles. The third kappa shape index (κ3) is 18.9. The first kappa shape index (κ1) is 57.4. The maximum Gasteiger partial charge on any atom is 0.246 e. The van der Waals surface area contributed by atoms with Gasteiger partial charge in [-0.15, -0.1) is 0 Å². The Morgan fingerprint density at radius 1 is 0.754 bits per heavy atom. The van der Waals surface area contributed by atoms with Crippen molar-refractivity contribution < 1.29 is 63.2 Å². The third-order valence-corrected chi connectivity index (χ3v) is 11.1. The van der Waals surface area contributed by atoms with Crippen LogP contribution in [0.3, 0.4) is 0 Å². The molecule has 0 bridgehead atoms. The van der Waals surface area contributed by atoms with E-state index in [1.165, 1.54) is 6.92 Å². The van der Waals surface area contributed by atoms with Crippen molar-refractivity contribution >= 4 is 53.2 Å². The summed E-state index contributed by atoms with van der Waals surface area (Å²) in [5, 5.41) is 57.9. The number of hydrogen-bond donors (Lipinski definition) is 16. The lowest BCUT2D eigenvalue weighted by Crippen LogP contribution is -2.62. The van der Waals surface area contributed by atoms with Gasteiger partial charge in [0, 0.05) is 6.54 Å². The van der Waals surface area contributed by atoms with Gasteiger partial charge in [-0.3, -0.25) is 48.5 Å². The lowest BCUT2D eigenvalue weighted by molar-refractivity contribution is -0.140. The van der Waals surface area contributed by atoms with Gasteiger partial charge in [0.15, 0.2) is 0 Å². The summed E-state index contributed by atoms with van der Waals surface area (Å²) in [6.07, 6.45) is -3.88. The highest BCUT2D eigenvalue weighted by atomic mass is 16.5. The Labute approximate surface area is 399 Å². The van der Waals surface area contributed by atoms with Crippen molar-refractivity contribution in [1.82, 2.24) is 53.2 Å². The van der Waals surface area contributed by atoms with Crippen molar-refractivity contribution in [2.45, 2.75) is 126 Å². The number of hydrogen-bond acceptors (Lipinski definition) is 17. The molecule has 1 aromatic carbocycles. The fourth-order valence-electron chi connectivity index (χ4n) is 7.37. The Bertz CT molecular complexity index is 1900. The van der Waals surface area contributed by atoms with Gasteiger partial charge in [-0.2, -0.15) is 0 Å². The van der Waals surface area contributed by atoms with E-state index in [2.05, 4.69) is 53.2 Å². The van der Waals surface area contributed by atoms with Crippen molar-refractivity contribution in [3.05, 3.63) is 35.9 Å². The van der Waals surface area contributed by atoms with Crippen molar-refractivity contribution in [1.29, 1.82) is 0 Å². The van der Waals surface area contributed by atoms with Crippen LogP contribution in [0.5, 0.6) is 0 Å². The van der Waals surface area contributed by atoms with E-state index in [4.69, 9.17) is 21.9 Å². The molecule has 9 amide bonds. The quantitative estimate of drug-likeness (QED) is 0.0732. The van der Waals surface area contributed by atoms with Crippen LogP contribution in [0.15, 0.2) is 30.3 Å². The van der Waals surface area contributed by atoms with Crippen LogP contribution in [0.1, 0.15) is 58.4 Å². The first-order valence-electron chi connectivity index (χ1n) is 23.0. The summed E-state index contributed by atoms with van der Waals surface area (Å²) in [6.45, 7) is 2.57. The van der Waals surface area contributed by atoms with E-state index >= 15 is 0 Å². The first-order chi connectivity index (χ1) is 32.8. The van der Waals surface area contributed by atoms with Crippen LogP contribution in [-0.4, -0.2) is 181 Å². The smallest absolute Gasteiger partial charge is 0.246 e. The Morgan fingerprint density at radius 2 is 1.30 bits per heavy atom. The number of carbonyl (C=O) groups is 9. The normalized spacial score (nSPS) is 27.2. The van der Waals surface area contributed by atoms with E-state index in [-0.39, 0.29) is 70.9 Å². The number of amides is 9. The molecule has 2 aliphatic heterocycles. The number of nitrogens with two attached hydrogens (primary N) is 3. The van der Waals surface area contributed by atoms with Crippen LogP contribution >= 0.6 is 0 Å². The average molecular weight is 978 g/mol. The number of benzene rings is 1. The second-order valence-corrected chi connectivity index (χ2v) is 17.3. The van der Waals surface area contributed by atoms with E-state index < -0.39 is 139 Å². The summed E-state index contributed by atoms with van der Waals surface area (Å²) in [7, 11) is 0. The molecule has 11 atom stereocenters. The van der Waals surface area contributed by atoms with Gasteiger partial charge in [-0.25, -0.2) is 0 Å². The van der Waals surface area contributed by atoms with Crippen molar-refractivity contribution in [2.75, 3.05) is 46.0 Å². The zero-order valence-electron chi connectivity index (χ0n) is 39.2. The van der Waals surface area contributed by atoms with Crippen LogP contribution in [0.25, 0.3) is 0 Å². The Balaban J connectivity index is 2.09. The van der Waals surface area contributed by atoms with Crippen LogP contribution in [-0.2, 0) is 54.3 Å². The SMILES string of the molecule is CC(C)C[C@@H]1NC(O)[C@@H](Cc2ccccc2)NC(=O)[C@H](CCN)NC(=O)[C@@H](NC(=O)[C@@H](CO)NC(=O)[C@@H]2COCC(=O)N2)CCNC(=O)[C@H]([C@@H](C)O)NC(=O)[C@H](CCN)NC(=O)[C@H](CCN)NC1=O. The summed E-state index contributed by atoms with van der Waals surface area (Å²) >= 11 is 0. The molecule has 0 radical (unpaired) electrons. The van der Waals surface area contributed by atoms with Gasteiger partial charge >= 0.3 is 0 Å². The molecule has 26 nitrogen and oxygen atoms in total. The predicted octanol–water partition coefficient (Wildman–Crippen LogP) is -7.60. The average Bonchev–Trinajstić information content (AvgIpc) is 3.30. The number of morpholine rings is 1. The highest BCUT2D eigenvalue weighted by Crippen LogP contribution is 2.12. The molecule has 2 fully saturated rings. The molecule has 386 valence electrons. The fourth-order valence-corrected chi connectivity index (χ4v) is 7.37. The molecule has 26 heteroatoms. The van der Waals surface area contributed by atoms with Crippen LogP contribution in [0.4, 0.5) is 0 Å². The molecule has 0 aromatic heterocycles. The Kier molecular flexibility index (Phi) is 24.3. The lowest BCUT2D eigenvalue weighted by atomic mass is 9.99. The van der Waals surface area contributed by atoms with Crippen molar-refractivity contribution in [2.24, 2.45) is 23.1 Å². The van der Waals surface area contributed by atoms with Crippen LogP contribution in [0.2, 0.25) is 0 Å². The lowest BCUT2D eigenvalue weighted by Gasteiger charge is -2.32. The number of nitrogens with one attached hydrogen (secondary N) is 10. The highest BCUT2D eigenvalue weighted by Gasteiger charge is 2.37. The van der Waals surface area contributed by atoms with Crippen LogP contribution < -0.4 is 70.4 Å². The van der Waals surface area contributed by atoms with Gasteiger partial charge in [0.2, 0.25) is 53.2 Å². The van der Waals surface area contributed by atoms with Gasteiger partial charge in [0.1, 0.15) is 55.1 Å². The van der Waals surface area contributed by atoms with E-state index in [1.807, 2.05) is 13.8 Å². The summed E-state index contributed by atoms with van der Waals surface area (Å²) in [5.41, 5.74) is 18.2. The van der Waals surface area contributed by atoms with Gasteiger partial charge < -0.3 is 85.1 Å². The zero-order chi connectivity index (χ0) is 51.2. The molecule has 1 aromatic rings. The summed E-state index contributed by atoms with van der Waals surface area (Å²) < 4.78 is 5.08. The molecule has 2 aliphatic rings. The third-order valence-electron chi connectivity index (χ3n) is 11.1. The minimum Gasteiger partial charge on any atom is -0.394 e. The molecule has 0 saturated carbocycles. The molecule has 0 aliphatic carbocycles. The van der Waals surface area contributed by atoms with Crippen molar-refractivity contribution in [3.8, 4) is 0 Å². The highest BCUT2D eigenvalue weighted by molar-refractivity contribution is 5.97. The van der Waals surface area contributed by atoms with Gasteiger partial charge in [0.05, 0.1) is 31.4 Å². The summed E-state index contributed by atoms with van der Waals surface area (Å²) in [6, 6.07) is -3.89. The summed E-state index contributed by atoms with van der Waals surface area (Å²) in [5.74, 6) is -8.02. The first-order valence-corrected chi connectivity index (χ1v) is 23.0. The standard InChI is InChI=1S/C43H71N13O13/c1-22(2)17-29-39(64)51-25(9-13-44)35(60)50-27(11-15-46)38(63)56-34(23(3)58)43(68)47-16-12-28(52-41(66)31(19-57)55-42(67)32-20-69-21-33(59)48-32)37(62)49-26(10-14-45)36(61)54-30(40(65)53-29)18-24-7-5-4-6-8-24/h4-8,22-23,25-32,34,40,53,57-58,65H,9-21,44-46H2,1-3H3,(H,47,68)(H,48,59)(H,49,62)(H,50,60)(H,51,64)(H,52,66)(H,54,61)(H,55,67)(H,56,63)/t23-,25+,26+,27+,28+,29+,30-,31-,32+,34+,40?/m1/s1. The zero-order valence-corrected chi connectivity index (χ0v) is 39.2. The fraction of sp³-hybridized carbons (Fsp3) is 0.651. The minimum atomic E-state index is -1.68. The van der Waals surface area contributed by atoms with Crippen molar-refractivity contribution in [3.63, 3.8) is 0 Å². The molecule has 1 unspecified atom stereocenters. The second-order valence-electron chi connectivity index (χ2n) is 17.3. The second kappa shape index (κ2) is 29.2. The molecule has 69 heavy (non-hydrogen) atoms. The Hall–Kier alpha value is -5.87. The molecule has 2 heterocycles.